The Kier molecular flexibility index (Phi) is 6.14. The third-order valence-corrected chi connectivity index (χ3v) is 4.23. The minimum absolute atomic E-state index is 0.288. The average Bonchev–Trinajstić information content (AvgIpc) is 2.91. The molecule has 0 radical (unpaired) electrons. The summed E-state index contributed by atoms with van der Waals surface area (Å²) in [6, 6.07) is 11.9. The first-order chi connectivity index (χ1) is 13.0. The molecule has 2 aromatic carbocycles. The van der Waals surface area contributed by atoms with E-state index in [4.69, 9.17) is 25.8 Å². The van der Waals surface area contributed by atoms with Gasteiger partial charge in [0.25, 0.3) is 0 Å². The summed E-state index contributed by atoms with van der Waals surface area (Å²) in [6.45, 7) is 2.75. The number of Topliss-reactive ketones (excluding diaryl/α,β-unsaturated/α-hetero) is 1. The highest BCUT2D eigenvalue weighted by molar-refractivity contribution is 6.30. The summed E-state index contributed by atoms with van der Waals surface area (Å²) in [4.78, 5) is 24.3. The Bertz CT molecular complexity index is 857. The molecule has 27 heavy (non-hydrogen) atoms. The molecule has 0 aromatic heterocycles. The number of ketones is 1. The van der Waals surface area contributed by atoms with Crippen molar-refractivity contribution in [1.82, 2.24) is 0 Å². The van der Waals surface area contributed by atoms with Gasteiger partial charge in [0.05, 0.1) is 13.2 Å². The summed E-state index contributed by atoms with van der Waals surface area (Å²) in [5.41, 5.74) is 1.21. The van der Waals surface area contributed by atoms with E-state index in [1.54, 1.807) is 42.5 Å². The molecule has 0 amide bonds. The molecule has 1 aliphatic heterocycles. The molecule has 1 atom stereocenters. The second-order valence-corrected chi connectivity index (χ2v) is 6.48. The quantitative estimate of drug-likeness (QED) is 0.435. The third-order valence-electron chi connectivity index (χ3n) is 3.97. The number of hydrogen-bond acceptors (Lipinski definition) is 5. The van der Waals surface area contributed by atoms with Crippen molar-refractivity contribution in [3.05, 3.63) is 64.7 Å². The van der Waals surface area contributed by atoms with Crippen LogP contribution in [0, 0.1) is 0 Å². The van der Waals surface area contributed by atoms with Crippen molar-refractivity contribution in [1.29, 1.82) is 0 Å². The van der Waals surface area contributed by atoms with Crippen LogP contribution in [0.3, 0.4) is 0 Å². The molecule has 1 aliphatic rings. The van der Waals surface area contributed by atoms with Crippen LogP contribution in [0.1, 0.15) is 29.3 Å². The van der Waals surface area contributed by atoms with Crippen LogP contribution in [0.4, 0.5) is 0 Å². The van der Waals surface area contributed by atoms with Crippen molar-refractivity contribution in [3.8, 4) is 11.5 Å². The maximum atomic E-state index is 12.3. The number of ether oxygens (including phenoxy) is 3. The van der Waals surface area contributed by atoms with Gasteiger partial charge >= 0.3 is 5.97 Å². The number of carbonyl (C=O) groups excluding carboxylic acids is 2. The highest BCUT2D eigenvalue weighted by atomic mass is 35.5. The van der Waals surface area contributed by atoms with Crippen molar-refractivity contribution in [2.75, 3.05) is 13.2 Å². The Morgan fingerprint density at radius 1 is 1.07 bits per heavy atom. The van der Waals surface area contributed by atoms with Crippen LogP contribution in [0.5, 0.6) is 11.5 Å². The SMILES string of the molecule is C[C@@H](OC(=O)/C=C/c1ccc2c(c1)OCCCO2)C(=O)c1ccc(Cl)cc1. The largest absolute Gasteiger partial charge is 0.490 e. The normalized spacial score (nSPS) is 14.4. The van der Waals surface area contributed by atoms with Gasteiger partial charge in [0.15, 0.2) is 17.6 Å². The number of halogens is 1. The van der Waals surface area contributed by atoms with E-state index in [2.05, 4.69) is 0 Å². The Balaban J connectivity index is 1.60. The van der Waals surface area contributed by atoms with Crippen LogP contribution in [-0.2, 0) is 9.53 Å². The number of hydrogen-bond donors (Lipinski definition) is 0. The molecule has 2 aromatic rings. The van der Waals surface area contributed by atoms with Crippen molar-refractivity contribution in [3.63, 3.8) is 0 Å². The number of benzene rings is 2. The fourth-order valence-electron chi connectivity index (χ4n) is 2.56. The van der Waals surface area contributed by atoms with Crippen LogP contribution in [-0.4, -0.2) is 31.1 Å². The standard InChI is InChI=1S/C21H19ClO5/c1-14(21(24)16-5-7-17(22)8-6-16)27-20(23)10-4-15-3-9-18-19(13-15)26-12-2-11-25-18/h3-10,13-14H,2,11-12H2,1H3/b10-4+/t14-/m1/s1. The van der Waals surface area contributed by atoms with Crippen LogP contribution in [0.25, 0.3) is 6.08 Å². The molecule has 0 saturated heterocycles. The van der Waals surface area contributed by atoms with Gasteiger partial charge in [0.1, 0.15) is 0 Å². The van der Waals surface area contributed by atoms with E-state index in [0.717, 1.165) is 12.0 Å². The molecule has 140 valence electrons. The molecule has 3 rings (SSSR count). The molecule has 0 unspecified atom stereocenters. The summed E-state index contributed by atoms with van der Waals surface area (Å²) in [5, 5.41) is 0.536. The Hall–Kier alpha value is -2.79. The molecule has 0 aliphatic carbocycles. The van der Waals surface area contributed by atoms with Crippen molar-refractivity contribution in [2.24, 2.45) is 0 Å². The van der Waals surface area contributed by atoms with Crippen LogP contribution in [0.15, 0.2) is 48.5 Å². The lowest BCUT2D eigenvalue weighted by atomic mass is 10.1. The van der Waals surface area contributed by atoms with E-state index in [1.165, 1.54) is 13.0 Å². The highest BCUT2D eigenvalue weighted by Gasteiger charge is 2.18. The first kappa shape index (κ1) is 19.0. The molecule has 6 heteroatoms. The Morgan fingerprint density at radius 2 is 1.78 bits per heavy atom. The summed E-state index contributed by atoms with van der Waals surface area (Å²) in [6.07, 6.45) is 2.82. The lowest BCUT2D eigenvalue weighted by molar-refractivity contribution is -0.140. The molecule has 1 heterocycles. The zero-order valence-electron chi connectivity index (χ0n) is 14.8. The monoisotopic (exact) mass is 386 g/mol. The topological polar surface area (TPSA) is 61.8 Å². The van der Waals surface area contributed by atoms with Crippen LogP contribution in [0.2, 0.25) is 5.02 Å². The van der Waals surface area contributed by atoms with E-state index in [-0.39, 0.29) is 5.78 Å². The van der Waals surface area contributed by atoms with Gasteiger partial charge in [-0.05, 0) is 55.0 Å². The van der Waals surface area contributed by atoms with Gasteiger partial charge < -0.3 is 14.2 Å². The van der Waals surface area contributed by atoms with E-state index >= 15 is 0 Å². The van der Waals surface area contributed by atoms with Gasteiger partial charge in [-0.15, -0.1) is 0 Å². The molecular formula is C21H19ClO5. The van der Waals surface area contributed by atoms with E-state index < -0.39 is 12.1 Å². The number of carbonyl (C=O) groups is 2. The molecule has 0 saturated carbocycles. The van der Waals surface area contributed by atoms with Gasteiger partial charge in [0, 0.05) is 23.1 Å². The van der Waals surface area contributed by atoms with Gasteiger partial charge in [-0.1, -0.05) is 17.7 Å². The second-order valence-electron chi connectivity index (χ2n) is 6.04. The van der Waals surface area contributed by atoms with Crippen molar-refractivity contribution in [2.45, 2.75) is 19.4 Å². The maximum absolute atomic E-state index is 12.3. The van der Waals surface area contributed by atoms with Gasteiger partial charge in [-0.3, -0.25) is 4.79 Å². The summed E-state index contributed by atoms with van der Waals surface area (Å²) in [5.74, 6) is 0.449. The first-order valence-electron chi connectivity index (χ1n) is 8.61. The Morgan fingerprint density at radius 3 is 2.52 bits per heavy atom. The van der Waals surface area contributed by atoms with Crippen LogP contribution < -0.4 is 9.47 Å². The molecule has 0 N–H and O–H groups in total. The third kappa shape index (κ3) is 5.11. The van der Waals surface area contributed by atoms with Gasteiger partial charge in [0.2, 0.25) is 5.78 Å². The average molecular weight is 387 g/mol. The molecule has 0 spiro atoms. The van der Waals surface area contributed by atoms with E-state index in [1.807, 2.05) is 6.07 Å². The second kappa shape index (κ2) is 8.73. The van der Waals surface area contributed by atoms with E-state index in [0.29, 0.717) is 35.3 Å². The maximum Gasteiger partial charge on any atom is 0.331 e. The lowest BCUT2D eigenvalue weighted by Crippen LogP contribution is -2.23. The van der Waals surface area contributed by atoms with Gasteiger partial charge in [-0.25, -0.2) is 4.79 Å². The zero-order valence-corrected chi connectivity index (χ0v) is 15.6. The molecule has 0 fully saturated rings. The Labute approximate surface area is 162 Å². The minimum atomic E-state index is -0.896. The fraction of sp³-hybridized carbons (Fsp3) is 0.238. The summed E-state index contributed by atoms with van der Waals surface area (Å²) in [7, 11) is 0. The number of fused-ring (bicyclic) bond motifs is 1. The van der Waals surface area contributed by atoms with Crippen LogP contribution >= 0.6 is 11.6 Å². The lowest BCUT2D eigenvalue weighted by Gasteiger charge is -2.11. The smallest absolute Gasteiger partial charge is 0.331 e. The highest BCUT2D eigenvalue weighted by Crippen LogP contribution is 2.30. The van der Waals surface area contributed by atoms with Crippen molar-refractivity contribution < 1.29 is 23.8 Å². The van der Waals surface area contributed by atoms with Crippen molar-refractivity contribution >= 4 is 29.4 Å². The van der Waals surface area contributed by atoms with Gasteiger partial charge in [-0.2, -0.15) is 0 Å². The summed E-state index contributed by atoms with van der Waals surface area (Å²) < 4.78 is 16.4. The number of esters is 1. The number of rotatable bonds is 5. The van der Waals surface area contributed by atoms with E-state index in [9.17, 15) is 9.59 Å². The molecule has 5 nitrogen and oxygen atoms in total. The first-order valence-corrected chi connectivity index (χ1v) is 8.99. The zero-order chi connectivity index (χ0) is 19.2. The predicted molar refractivity (Wildman–Crippen MR) is 102 cm³/mol. The fourth-order valence-corrected chi connectivity index (χ4v) is 2.69. The minimum Gasteiger partial charge on any atom is -0.490 e. The predicted octanol–water partition coefficient (Wildman–Crippen LogP) is 4.33. The summed E-state index contributed by atoms with van der Waals surface area (Å²) >= 11 is 5.81. The molecular weight excluding hydrogens is 368 g/mol. The molecule has 0 bridgehead atoms.